The van der Waals surface area contributed by atoms with E-state index < -0.39 is 16.1 Å². The molecule has 0 spiro atoms. The van der Waals surface area contributed by atoms with Gasteiger partial charge in [0.2, 0.25) is 5.88 Å². The number of rotatable bonds is 9. The topological polar surface area (TPSA) is 112 Å². The molecule has 0 radical (unpaired) electrons. The second-order valence-electron chi connectivity index (χ2n) is 8.85. The fourth-order valence-corrected chi connectivity index (χ4v) is 5.28. The Balaban J connectivity index is 1.44. The molecule has 5 rings (SSSR count). The van der Waals surface area contributed by atoms with Gasteiger partial charge in [-0.15, -0.1) is 0 Å². The number of hydrogen-bond donors (Lipinski definition) is 2. The number of nitriles is 1. The van der Waals surface area contributed by atoms with Crippen LogP contribution in [0.25, 0.3) is 0 Å². The highest BCUT2D eigenvalue weighted by Gasteiger charge is 2.31. The van der Waals surface area contributed by atoms with Gasteiger partial charge in [-0.2, -0.15) is 13.7 Å². The minimum atomic E-state index is -4.01. The Bertz CT molecular complexity index is 1650. The molecule has 4 aromatic rings. The zero-order chi connectivity index (χ0) is 27.2. The van der Waals surface area contributed by atoms with Crippen molar-refractivity contribution < 1.29 is 23.0 Å². The zero-order valence-corrected chi connectivity index (χ0v) is 21.6. The van der Waals surface area contributed by atoms with Gasteiger partial charge < -0.3 is 14.6 Å². The van der Waals surface area contributed by atoms with Gasteiger partial charge in [-0.05, 0) is 46.9 Å². The number of benzene rings is 4. The van der Waals surface area contributed by atoms with Crippen molar-refractivity contribution >= 4 is 15.9 Å². The molecule has 4 aromatic carbocycles. The van der Waals surface area contributed by atoms with Crippen LogP contribution < -0.4 is 18.5 Å². The summed E-state index contributed by atoms with van der Waals surface area (Å²) in [5.74, 6) is 0.313. The third-order valence-electron chi connectivity index (χ3n) is 6.09. The van der Waals surface area contributed by atoms with Crippen molar-refractivity contribution in [3.05, 3.63) is 137 Å². The van der Waals surface area contributed by atoms with Crippen LogP contribution in [0.3, 0.4) is 0 Å². The fourth-order valence-electron chi connectivity index (χ4n) is 4.21. The molecule has 0 unspecified atom stereocenters. The summed E-state index contributed by atoms with van der Waals surface area (Å²) in [5, 5.41) is 19.7. The van der Waals surface area contributed by atoms with Crippen LogP contribution in [0.4, 0.5) is 5.69 Å². The molecular formula is C30H25N3O5S. The van der Waals surface area contributed by atoms with Gasteiger partial charge in [-0.1, -0.05) is 78.9 Å². The second kappa shape index (κ2) is 11.2. The Hall–Kier alpha value is -4.94. The first-order valence-corrected chi connectivity index (χ1v) is 13.6. The zero-order valence-electron chi connectivity index (χ0n) is 20.8. The van der Waals surface area contributed by atoms with E-state index in [0.29, 0.717) is 30.1 Å². The summed E-state index contributed by atoms with van der Waals surface area (Å²) in [6.45, 7) is 0.546. The third kappa shape index (κ3) is 5.98. The Kier molecular flexibility index (Phi) is 7.39. The number of hydrogen-bond acceptors (Lipinski definition) is 6. The summed E-state index contributed by atoms with van der Waals surface area (Å²) in [5.41, 5.74) is 4.14. The van der Waals surface area contributed by atoms with Gasteiger partial charge in [-0.25, -0.2) is 9.03 Å². The van der Waals surface area contributed by atoms with E-state index in [4.69, 9.17) is 9.47 Å². The smallest absolute Gasteiger partial charge is 0.330 e. The van der Waals surface area contributed by atoms with E-state index in [1.54, 1.807) is 24.3 Å². The number of nitrogens with one attached hydrogen (secondary N) is 1. The van der Waals surface area contributed by atoms with Crippen LogP contribution >= 0.6 is 0 Å². The molecule has 8 nitrogen and oxygen atoms in total. The fraction of sp³-hybridized carbons (Fsp3) is 0.100. The van der Waals surface area contributed by atoms with Crippen molar-refractivity contribution in [2.24, 2.45) is 0 Å². The summed E-state index contributed by atoms with van der Waals surface area (Å²) < 4.78 is 40.1. The number of anilines is 1. The second-order valence-corrected chi connectivity index (χ2v) is 10.4. The van der Waals surface area contributed by atoms with Crippen molar-refractivity contribution in [3.8, 4) is 17.6 Å². The lowest BCUT2D eigenvalue weighted by Crippen LogP contribution is -2.30. The molecule has 1 aliphatic rings. The number of ether oxygens (including phenoxy) is 2. The lowest BCUT2D eigenvalue weighted by atomic mass is 9.99. The Morgan fingerprint density at radius 1 is 0.795 bits per heavy atom. The molecule has 39 heavy (non-hydrogen) atoms. The van der Waals surface area contributed by atoms with E-state index in [1.165, 1.54) is 0 Å². The van der Waals surface area contributed by atoms with E-state index in [-0.39, 0.29) is 12.3 Å². The largest absolute Gasteiger partial charge is 0.493 e. The molecule has 1 heterocycles. The molecule has 0 bridgehead atoms. The molecule has 0 saturated heterocycles. The predicted octanol–water partition coefficient (Wildman–Crippen LogP) is 5.32. The van der Waals surface area contributed by atoms with Crippen LogP contribution in [-0.2, 0) is 29.8 Å². The molecule has 9 heteroatoms. The van der Waals surface area contributed by atoms with E-state index >= 15 is 0 Å². The number of aliphatic hydroxyl groups is 1. The monoisotopic (exact) mass is 539 g/mol. The molecule has 2 N–H and O–H groups in total. The van der Waals surface area contributed by atoms with Crippen molar-refractivity contribution in [1.82, 2.24) is 4.72 Å². The van der Waals surface area contributed by atoms with Crippen molar-refractivity contribution in [2.45, 2.75) is 19.6 Å². The maximum absolute atomic E-state index is 12.6. The van der Waals surface area contributed by atoms with Crippen molar-refractivity contribution in [3.63, 3.8) is 0 Å². The van der Waals surface area contributed by atoms with Crippen molar-refractivity contribution in [2.75, 3.05) is 4.31 Å². The molecule has 0 aliphatic carbocycles. The summed E-state index contributed by atoms with van der Waals surface area (Å²) >= 11 is 0. The van der Waals surface area contributed by atoms with E-state index in [0.717, 1.165) is 32.8 Å². The van der Waals surface area contributed by atoms with E-state index in [2.05, 4.69) is 10.8 Å². The molecule has 0 saturated carbocycles. The normalized spacial score (nSPS) is 13.7. The van der Waals surface area contributed by atoms with Crippen LogP contribution in [-0.4, -0.2) is 13.5 Å². The predicted molar refractivity (Wildman–Crippen MR) is 147 cm³/mol. The average molecular weight is 540 g/mol. The first kappa shape index (κ1) is 25.7. The van der Waals surface area contributed by atoms with Gasteiger partial charge in [0.15, 0.2) is 0 Å². The van der Waals surface area contributed by atoms with Gasteiger partial charge >= 0.3 is 10.2 Å². The Morgan fingerprint density at radius 3 is 2.03 bits per heavy atom. The Morgan fingerprint density at radius 2 is 1.44 bits per heavy atom. The lowest BCUT2D eigenvalue weighted by molar-refractivity contribution is 0.305. The van der Waals surface area contributed by atoms with Crippen LogP contribution in [0.1, 0.15) is 27.8 Å². The molecule has 0 aromatic heterocycles. The maximum atomic E-state index is 12.6. The molecule has 0 atom stereocenters. The summed E-state index contributed by atoms with van der Waals surface area (Å²) in [6.07, 6.45) is 1.47. The summed E-state index contributed by atoms with van der Waals surface area (Å²) in [6, 6.07) is 32.1. The molecular weight excluding hydrogens is 514 g/mol. The maximum Gasteiger partial charge on any atom is 0.330 e. The number of nitrogens with zero attached hydrogens (tertiary/aromatic N) is 2. The van der Waals surface area contributed by atoms with Crippen LogP contribution in [0.15, 0.2) is 109 Å². The number of aliphatic hydroxyl groups excluding tert-OH is 1. The van der Waals surface area contributed by atoms with Gasteiger partial charge in [0, 0.05) is 0 Å². The van der Waals surface area contributed by atoms with Gasteiger partial charge in [0.25, 0.3) is 0 Å². The highest BCUT2D eigenvalue weighted by atomic mass is 32.2. The van der Waals surface area contributed by atoms with Crippen LogP contribution in [0, 0.1) is 11.3 Å². The highest BCUT2D eigenvalue weighted by molar-refractivity contribution is 7.91. The summed E-state index contributed by atoms with van der Waals surface area (Å²) in [7, 11) is -4.01. The van der Waals surface area contributed by atoms with Gasteiger partial charge in [0.05, 0.1) is 11.8 Å². The van der Waals surface area contributed by atoms with Crippen LogP contribution in [0.2, 0.25) is 0 Å². The van der Waals surface area contributed by atoms with Gasteiger partial charge in [0.1, 0.15) is 36.5 Å². The van der Waals surface area contributed by atoms with E-state index in [1.807, 2.05) is 72.8 Å². The first-order valence-electron chi connectivity index (χ1n) is 12.1. The molecule has 1 aliphatic heterocycles. The highest BCUT2D eigenvalue weighted by Crippen LogP contribution is 2.35. The quantitative estimate of drug-likeness (QED) is 0.298. The average Bonchev–Trinajstić information content (AvgIpc) is 3.23. The minimum Gasteiger partial charge on any atom is -0.493 e. The molecule has 0 fully saturated rings. The van der Waals surface area contributed by atoms with Crippen molar-refractivity contribution in [1.29, 1.82) is 5.26 Å². The molecule has 196 valence electrons. The van der Waals surface area contributed by atoms with Crippen LogP contribution in [0.5, 0.6) is 11.5 Å². The standard InChI is InChI=1S/C30H25N3O5S/c31-18-26-25(12-7-13-28(26)37-20-22-8-3-1-4-9-22)16-24-14-15-27(33-19-30(34)32-39(33,35)36)29(17-24)38-21-23-10-5-2-6-11-23/h1-15,17,19,32,34H,16,20-21H2. The lowest BCUT2D eigenvalue weighted by Gasteiger charge is -2.19. The molecule has 0 amide bonds. The summed E-state index contributed by atoms with van der Waals surface area (Å²) in [4.78, 5) is 0. The SMILES string of the molecule is N#Cc1c(Cc2ccc(N3C=C(O)NS3(=O)=O)c(OCc3ccccc3)c2)cccc1OCc1ccccc1. The first-order chi connectivity index (χ1) is 18.9. The minimum absolute atomic E-state index is 0.209. The third-order valence-corrected chi connectivity index (χ3v) is 7.37. The van der Waals surface area contributed by atoms with E-state index in [9.17, 15) is 18.8 Å². The Labute approximate surface area is 227 Å². The van der Waals surface area contributed by atoms with Gasteiger partial charge in [-0.3, -0.25) is 0 Å².